The molecule has 0 aromatic heterocycles. The van der Waals surface area contributed by atoms with Gasteiger partial charge in [0, 0.05) is 29.4 Å². The number of anilines is 1. The van der Waals surface area contributed by atoms with Gasteiger partial charge >= 0.3 is 0 Å². The van der Waals surface area contributed by atoms with Crippen molar-refractivity contribution in [2.45, 2.75) is 45.3 Å². The van der Waals surface area contributed by atoms with Crippen LogP contribution in [0.25, 0.3) is 10.8 Å². The molecule has 9 heteroatoms. The minimum absolute atomic E-state index is 0.0918. The van der Waals surface area contributed by atoms with Crippen molar-refractivity contribution >= 4 is 49.9 Å². The number of sulfonamides is 1. The number of nitrogens with zero attached hydrogens (tertiary/aromatic N) is 2. The molecular formula is C33H36ClN3O4S. The summed E-state index contributed by atoms with van der Waals surface area (Å²) >= 11 is 6.12. The summed E-state index contributed by atoms with van der Waals surface area (Å²) < 4.78 is 27.5. The van der Waals surface area contributed by atoms with Gasteiger partial charge < -0.3 is 10.2 Å². The Bertz CT molecular complexity index is 1620. The number of rotatable bonds is 12. The first kappa shape index (κ1) is 31.1. The van der Waals surface area contributed by atoms with Crippen molar-refractivity contribution < 1.29 is 18.0 Å². The van der Waals surface area contributed by atoms with Crippen LogP contribution in [0.15, 0.2) is 97.1 Å². The van der Waals surface area contributed by atoms with Gasteiger partial charge in [-0.15, -0.1) is 0 Å². The molecule has 4 rings (SSSR count). The maximum absolute atomic E-state index is 14.3. The van der Waals surface area contributed by atoms with Crippen molar-refractivity contribution in [1.82, 2.24) is 10.2 Å². The van der Waals surface area contributed by atoms with E-state index in [1.165, 1.54) is 4.90 Å². The predicted octanol–water partition coefficient (Wildman–Crippen LogP) is 5.81. The summed E-state index contributed by atoms with van der Waals surface area (Å²) in [6, 6.07) is 28.3. The van der Waals surface area contributed by atoms with Gasteiger partial charge in [0.1, 0.15) is 12.6 Å². The molecular weight excluding hydrogens is 570 g/mol. The van der Waals surface area contributed by atoms with E-state index in [9.17, 15) is 18.0 Å². The zero-order valence-electron chi connectivity index (χ0n) is 24.0. The third kappa shape index (κ3) is 7.89. The highest BCUT2D eigenvalue weighted by molar-refractivity contribution is 7.92. The lowest BCUT2D eigenvalue weighted by molar-refractivity contribution is -0.140. The first-order valence-electron chi connectivity index (χ1n) is 13.9. The SMILES string of the molecule is CCC(C)NC(=O)C(Cc1ccccc1)N(Cc1ccc(Cl)cc1)C(=O)CN(c1cccc2ccccc12)S(C)(=O)=O. The molecule has 0 bridgehead atoms. The fourth-order valence-electron chi connectivity index (χ4n) is 4.80. The van der Waals surface area contributed by atoms with E-state index in [1.807, 2.05) is 74.5 Å². The lowest BCUT2D eigenvalue weighted by atomic mass is 10.0. The maximum Gasteiger partial charge on any atom is 0.244 e. The van der Waals surface area contributed by atoms with E-state index >= 15 is 0 Å². The Hall–Kier alpha value is -3.88. The van der Waals surface area contributed by atoms with E-state index < -0.39 is 28.5 Å². The zero-order valence-corrected chi connectivity index (χ0v) is 25.6. The molecule has 0 aliphatic carbocycles. The van der Waals surface area contributed by atoms with Crippen LogP contribution < -0.4 is 9.62 Å². The van der Waals surface area contributed by atoms with Crippen molar-refractivity contribution in [3.63, 3.8) is 0 Å². The summed E-state index contributed by atoms with van der Waals surface area (Å²) in [4.78, 5) is 29.5. The Morgan fingerprint density at radius 1 is 0.857 bits per heavy atom. The topological polar surface area (TPSA) is 86.8 Å². The third-order valence-corrected chi connectivity index (χ3v) is 8.63. The summed E-state index contributed by atoms with van der Waals surface area (Å²) in [7, 11) is -3.88. The van der Waals surface area contributed by atoms with Gasteiger partial charge in [-0.05, 0) is 48.1 Å². The molecule has 0 fully saturated rings. The molecule has 0 saturated heterocycles. The van der Waals surface area contributed by atoms with E-state index in [1.54, 1.807) is 36.4 Å². The number of carbonyl (C=O) groups excluding carboxylic acids is 2. The van der Waals surface area contributed by atoms with Crippen molar-refractivity contribution in [3.8, 4) is 0 Å². The van der Waals surface area contributed by atoms with Crippen LogP contribution in [0.3, 0.4) is 0 Å². The van der Waals surface area contributed by atoms with Crippen LogP contribution in [0.4, 0.5) is 5.69 Å². The highest BCUT2D eigenvalue weighted by atomic mass is 35.5. The van der Waals surface area contributed by atoms with Gasteiger partial charge in [-0.2, -0.15) is 0 Å². The summed E-state index contributed by atoms with van der Waals surface area (Å²) in [6.45, 7) is 3.51. The number of carbonyl (C=O) groups is 2. The first-order valence-corrected chi connectivity index (χ1v) is 16.1. The molecule has 220 valence electrons. The molecule has 42 heavy (non-hydrogen) atoms. The highest BCUT2D eigenvalue weighted by Gasteiger charge is 2.33. The highest BCUT2D eigenvalue weighted by Crippen LogP contribution is 2.29. The van der Waals surface area contributed by atoms with E-state index in [4.69, 9.17) is 11.6 Å². The molecule has 0 radical (unpaired) electrons. The van der Waals surface area contributed by atoms with Gasteiger partial charge in [-0.3, -0.25) is 13.9 Å². The van der Waals surface area contributed by atoms with E-state index in [0.29, 0.717) is 16.1 Å². The smallest absolute Gasteiger partial charge is 0.244 e. The van der Waals surface area contributed by atoms with Crippen molar-refractivity contribution in [2.75, 3.05) is 17.1 Å². The van der Waals surface area contributed by atoms with Crippen LogP contribution in [0.2, 0.25) is 5.02 Å². The average Bonchev–Trinajstić information content (AvgIpc) is 2.98. The van der Waals surface area contributed by atoms with Gasteiger partial charge in [-0.25, -0.2) is 8.42 Å². The lowest BCUT2D eigenvalue weighted by Crippen LogP contribution is -2.54. The normalized spacial score (nSPS) is 12.9. The standard InChI is InChI=1S/C33H36ClN3O4S/c1-4-24(2)35-33(39)31(21-25-11-6-5-7-12-25)36(22-26-17-19-28(34)20-18-26)32(38)23-37(42(3,40)41)30-16-10-14-27-13-8-9-15-29(27)30/h5-20,24,31H,4,21-23H2,1-3H3,(H,35,39). The van der Waals surface area contributed by atoms with Crippen molar-refractivity contribution in [1.29, 1.82) is 0 Å². The first-order chi connectivity index (χ1) is 20.1. The number of hydrogen-bond acceptors (Lipinski definition) is 4. The van der Waals surface area contributed by atoms with E-state index in [-0.39, 0.29) is 24.9 Å². The van der Waals surface area contributed by atoms with Crippen LogP contribution in [0.1, 0.15) is 31.4 Å². The summed E-state index contributed by atoms with van der Waals surface area (Å²) in [5.41, 5.74) is 2.04. The number of fused-ring (bicyclic) bond motifs is 1. The summed E-state index contributed by atoms with van der Waals surface area (Å²) in [6.07, 6.45) is 2.07. The van der Waals surface area contributed by atoms with Crippen LogP contribution in [0.5, 0.6) is 0 Å². The molecule has 7 nitrogen and oxygen atoms in total. The third-order valence-electron chi connectivity index (χ3n) is 7.25. The van der Waals surface area contributed by atoms with Gasteiger partial charge in [0.2, 0.25) is 21.8 Å². The minimum atomic E-state index is -3.88. The Labute approximate surface area is 253 Å². The van der Waals surface area contributed by atoms with Gasteiger partial charge in [0.25, 0.3) is 0 Å². The van der Waals surface area contributed by atoms with Crippen LogP contribution in [0, 0.1) is 0 Å². The summed E-state index contributed by atoms with van der Waals surface area (Å²) in [5.74, 6) is -0.796. The molecule has 1 N–H and O–H groups in total. The fourth-order valence-corrected chi connectivity index (χ4v) is 5.79. The maximum atomic E-state index is 14.3. The second kappa shape index (κ2) is 13.9. The molecule has 4 aromatic carbocycles. The van der Waals surface area contributed by atoms with Crippen molar-refractivity contribution in [3.05, 3.63) is 113 Å². The van der Waals surface area contributed by atoms with Gasteiger partial charge in [0.05, 0.1) is 11.9 Å². The Balaban J connectivity index is 1.78. The lowest BCUT2D eigenvalue weighted by Gasteiger charge is -2.34. The Kier molecular flexibility index (Phi) is 10.2. The molecule has 0 heterocycles. The number of hydrogen-bond donors (Lipinski definition) is 1. The minimum Gasteiger partial charge on any atom is -0.352 e. The van der Waals surface area contributed by atoms with Crippen molar-refractivity contribution in [2.24, 2.45) is 0 Å². The number of benzene rings is 4. The Morgan fingerprint density at radius 2 is 1.50 bits per heavy atom. The second-order valence-corrected chi connectivity index (χ2v) is 12.8. The average molecular weight is 606 g/mol. The monoisotopic (exact) mass is 605 g/mol. The number of nitrogens with one attached hydrogen (secondary N) is 1. The number of amides is 2. The quantitative estimate of drug-likeness (QED) is 0.221. The molecule has 2 amide bonds. The molecule has 0 spiro atoms. The molecule has 0 aliphatic rings. The molecule has 0 aliphatic heterocycles. The van der Waals surface area contributed by atoms with Crippen LogP contribution in [-0.4, -0.2) is 50.0 Å². The van der Waals surface area contributed by atoms with Gasteiger partial charge in [0.15, 0.2) is 0 Å². The molecule has 2 unspecified atom stereocenters. The van der Waals surface area contributed by atoms with Gasteiger partial charge in [-0.1, -0.05) is 97.4 Å². The zero-order chi connectivity index (χ0) is 30.3. The number of halogens is 1. The summed E-state index contributed by atoms with van der Waals surface area (Å²) in [5, 5.41) is 5.14. The molecule has 0 saturated carbocycles. The second-order valence-electron chi connectivity index (χ2n) is 10.4. The molecule has 2 atom stereocenters. The van der Waals surface area contributed by atoms with E-state index in [0.717, 1.165) is 33.5 Å². The largest absolute Gasteiger partial charge is 0.352 e. The fraction of sp³-hybridized carbons (Fsp3) is 0.273. The Morgan fingerprint density at radius 3 is 2.17 bits per heavy atom. The molecule has 4 aromatic rings. The van der Waals surface area contributed by atoms with Crippen LogP contribution >= 0.6 is 11.6 Å². The predicted molar refractivity (Wildman–Crippen MR) is 170 cm³/mol. The van der Waals surface area contributed by atoms with Crippen LogP contribution in [-0.2, 0) is 32.6 Å². The van der Waals surface area contributed by atoms with E-state index in [2.05, 4.69) is 5.32 Å².